The number of benzene rings is 1. The molecule has 23 heavy (non-hydrogen) atoms. The average Bonchev–Trinajstić information content (AvgIpc) is 2.51. The van der Waals surface area contributed by atoms with Crippen molar-refractivity contribution in [3.8, 4) is 11.5 Å². The number of carbonyl (C=O) groups excluding carboxylic acids is 3. The molecule has 1 aromatic rings. The first-order chi connectivity index (χ1) is 11.0. The number of urea groups is 1. The maximum atomic E-state index is 11.5. The van der Waals surface area contributed by atoms with Crippen molar-refractivity contribution in [2.75, 3.05) is 20.3 Å². The van der Waals surface area contributed by atoms with Crippen molar-refractivity contribution >= 4 is 17.9 Å². The summed E-state index contributed by atoms with van der Waals surface area (Å²) >= 11 is 0. The lowest BCUT2D eigenvalue weighted by molar-refractivity contribution is -0.150. The summed E-state index contributed by atoms with van der Waals surface area (Å²) < 4.78 is 15.1. The molecule has 0 atom stereocenters. The Balaban J connectivity index is 2.50. The summed E-state index contributed by atoms with van der Waals surface area (Å²) in [5.41, 5.74) is 5.73. The van der Waals surface area contributed by atoms with Crippen LogP contribution >= 0.6 is 0 Å². The van der Waals surface area contributed by atoms with Gasteiger partial charge < -0.3 is 19.9 Å². The second-order valence-corrected chi connectivity index (χ2v) is 4.34. The van der Waals surface area contributed by atoms with Crippen LogP contribution in [0.5, 0.6) is 11.5 Å². The minimum Gasteiger partial charge on any atom is -0.493 e. The smallest absolute Gasteiger partial charge is 0.344 e. The third-order valence-electron chi connectivity index (χ3n) is 2.58. The molecular formula is C15H18N2O6. The predicted molar refractivity (Wildman–Crippen MR) is 81.1 cm³/mol. The zero-order valence-electron chi connectivity index (χ0n) is 12.7. The molecule has 0 saturated heterocycles. The Morgan fingerprint density at radius 3 is 2.61 bits per heavy atom. The maximum Gasteiger partial charge on any atom is 0.344 e. The van der Waals surface area contributed by atoms with E-state index in [2.05, 4.69) is 11.3 Å². The second kappa shape index (κ2) is 9.08. The number of ether oxygens (including phenoxy) is 3. The van der Waals surface area contributed by atoms with Crippen LogP contribution in [0.1, 0.15) is 5.56 Å². The summed E-state index contributed by atoms with van der Waals surface area (Å²) in [6, 6.07) is 4.21. The highest BCUT2D eigenvalue weighted by molar-refractivity contribution is 5.94. The first-order valence-electron chi connectivity index (χ1n) is 6.61. The van der Waals surface area contributed by atoms with Crippen LogP contribution in [0.4, 0.5) is 4.79 Å². The summed E-state index contributed by atoms with van der Waals surface area (Å²) in [5, 5.41) is 1.76. The summed E-state index contributed by atoms with van der Waals surface area (Å²) in [5.74, 6) is -0.776. The molecule has 8 nitrogen and oxygen atoms in total. The number of rotatable bonds is 8. The SMILES string of the molecule is C=CCc1ccc(OCC(=O)OCC(=O)NC(N)=O)c(OC)c1. The molecule has 0 unspecified atom stereocenters. The zero-order valence-corrected chi connectivity index (χ0v) is 12.7. The standard InChI is InChI=1S/C15H18N2O6/c1-3-4-10-5-6-11(12(7-10)21-2)22-9-14(19)23-8-13(18)17-15(16)20/h3,5-7H,1,4,8-9H2,2H3,(H3,16,17,18,20). The molecule has 0 aliphatic carbocycles. The molecule has 0 fully saturated rings. The van der Waals surface area contributed by atoms with Crippen molar-refractivity contribution in [1.82, 2.24) is 5.32 Å². The second-order valence-electron chi connectivity index (χ2n) is 4.34. The van der Waals surface area contributed by atoms with E-state index in [4.69, 9.17) is 15.2 Å². The molecule has 0 radical (unpaired) electrons. The van der Waals surface area contributed by atoms with Crippen LogP contribution in [0, 0.1) is 0 Å². The van der Waals surface area contributed by atoms with Crippen molar-refractivity contribution in [1.29, 1.82) is 0 Å². The molecule has 1 aromatic carbocycles. The zero-order chi connectivity index (χ0) is 17.2. The lowest BCUT2D eigenvalue weighted by atomic mass is 10.1. The number of carbonyl (C=O) groups is 3. The highest BCUT2D eigenvalue weighted by atomic mass is 16.6. The Kier molecular flexibility index (Phi) is 7.12. The van der Waals surface area contributed by atoms with Crippen LogP contribution in [0.2, 0.25) is 0 Å². The third kappa shape index (κ3) is 6.51. The van der Waals surface area contributed by atoms with Crippen LogP contribution in [-0.4, -0.2) is 38.2 Å². The number of primary amides is 1. The Bertz CT molecular complexity index is 600. The third-order valence-corrected chi connectivity index (χ3v) is 2.58. The van der Waals surface area contributed by atoms with E-state index >= 15 is 0 Å². The molecule has 3 amide bonds. The van der Waals surface area contributed by atoms with Gasteiger partial charge in [0.1, 0.15) is 0 Å². The van der Waals surface area contributed by atoms with Gasteiger partial charge in [0, 0.05) is 0 Å². The molecule has 1 rings (SSSR count). The van der Waals surface area contributed by atoms with Gasteiger partial charge in [-0.1, -0.05) is 12.1 Å². The minimum atomic E-state index is -1.02. The lowest BCUT2D eigenvalue weighted by Crippen LogP contribution is -2.38. The van der Waals surface area contributed by atoms with Crippen LogP contribution in [0.3, 0.4) is 0 Å². The van der Waals surface area contributed by atoms with Gasteiger partial charge >= 0.3 is 12.0 Å². The fourth-order valence-electron chi connectivity index (χ4n) is 1.62. The molecule has 8 heteroatoms. The summed E-state index contributed by atoms with van der Waals surface area (Å²) in [6.07, 6.45) is 2.43. The van der Waals surface area contributed by atoms with Crippen LogP contribution in [0.15, 0.2) is 30.9 Å². The molecule has 0 spiro atoms. The predicted octanol–water partition coefficient (Wildman–Crippen LogP) is 0.541. The van der Waals surface area contributed by atoms with E-state index in [9.17, 15) is 14.4 Å². The van der Waals surface area contributed by atoms with E-state index in [-0.39, 0.29) is 0 Å². The lowest BCUT2D eigenvalue weighted by Gasteiger charge is -2.11. The summed E-state index contributed by atoms with van der Waals surface area (Å²) in [4.78, 5) is 33.0. The molecule has 0 bridgehead atoms. The first-order valence-corrected chi connectivity index (χ1v) is 6.61. The largest absolute Gasteiger partial charge is 0.493 e. The van der Waals surface area contributed by atoms with Gasteiger partial charge in [-0.15, -0.1) is 6.58 Å². The number of hydrogen-bond donors (Lipinski definition) is 2. The van der Waals surface area contributed by atoms with Gasteiger partial charge in [0.05, 0.1) is 7.11 Å². The van der Waals surface area contributed by atoms with E-state index in [1.54, 1.807) is 23.5 Å². The van der Waals surface area contributed by atoms with Crippen molar-refractivity contribution in [3.05, 3.63) is 36.4 Å². The van der Waals surface area contributed by atoms with E-state index < -0.39 is 31.1 Å². The van der Waals surface area contributed by atoms with Gasteiger partial charge in [0.2, 0.25) is 0 Å². The summed E-state index contributed by atoms with van der Waals surface area (Å²) in [7, 11) is 1.48. The number of nitrogens with one attached hydrogen (secondary N) is 1. The van der Waals surface area contributed by atoms with Gasteiger partial charge in [-0.3, -0.25) is 10.1 Å². The van der Waals surface area contributed by atoms with Crippen LogP contribution < -0.4 is 20.5 Å². The molecular weight excluding hydrogens is 304 g/mol. The van der Waals surface area contributed by atoms with E-state index in [1.165, 1.54) is 7.11 Å². The van der Waals surface area contributed by atoms with E-state index in [0.717, 1.165) is 5.56 Å². The molecule has 0 aromatic heterocycles. The van der Waals surface area contributed by atoms with Crippen molar-refractivity contribution < 1.29 is 28.6 Å². The molecule has 0 aliphatic rings. The average molecular weight is 322 g/mol. The Hall–Kier alpha value is -3.03. The van der Waals surface area contributed by atoms with Gasteiger partial charge in [-0.2, -0.15) is 0 Å². The highest BCUT2D eigenvalue weighted by Crippen LogP contribution is 2.28. The Labute approximate surface area is 133 Å². The quantitative estimate of drug-likeness (QED) is 0.533. The fraction of sp³-hybridized carbons (Fsp3) is 0.267. The number of methoxy groups -OCH3 is 1. The number of nitrogens with two attached hydrogens (primary N) is 1. The monoisotopic (exact) mass is 322 g/mol. The minimum absolute atomic E-state index is 0.360. The molecule has 0 aliphatic heterocycles. The van der Waals surface area contributed by atoms with Crippen molar-refractivity contribution in [2.45, 2.75) is 6.42 Å². The van der Waals surface area contributed by atoms with Crippen molar-refractivity contribution in [2.24, 2.45) is 5.73 Å². The number of imide groups is 1. The first kappa shape index (κ1) is 18.0. The molecule has 3 N–H and O–H groups in total. The Morgan fingerprint density at radius 2 is 2.00 bits per heavy atom. The normalized spacial score (nSPS) is 9.61. The van der Waals surface area contributed by atoms with Gasteiger partial charge in [-0.25, -0.2) is 9.59 Å². The van der Waals surface area contributed by atoms with Gasteiger partial charge in [-0.05, 0) is 24.1 Å². The Morgan fingerprint density at radius 1 is 1.26 bits per heavy atom. The van der Waals surface area contributed by atoms with E-state index in [1.807, 2.05) is 6.07 Å². The molecule has 0 saturated carbocycles. The van der Waals surface area contributed by atoms with E-state index in [0.29, 0.717) is 17.9 Å². The maximum absolute atomic E-state index is 11.5. The van der Waals surface area contributed by atoms with Gasteiger partial charge in [0.25, 0.3) is 5.91 Å². The summed E-state index contributed by atoms with van der Waals surface area (Å²) in [6.45, 7) is 2.61. The molecule has 0 heterocycles. The van der Waals surface area contributed by atoms with Crippen LogP contribution in [-0.2, 0) is 20.7 Å². The number of esters is 1. The fourth-order valence-corrected chi connectivity index (χ4v) is 1.62. The molecule has 124 valence electrons. The highest BCUT2D eigenvalue weighted by Gasteiger charge is 2.12. The topological polar surface area (TPSA) is 117 Å². The number of allylic oxidation sites excluding steroid dienone is 1. The number of amides is 3. The van der Waals surface area contributed by atoms with Crippen molar-refractivity contribution in [3.63, 3.8) is 0 Å². The van der Waals surface area contributed by atoms with Crippen LogP contribution in [0.25, 0.3) is 0 Å². The van der Waals surface area contributed by atoms with Gasteiger partial charge in [0.15, 0.2) is 24.7 Å². The number of hydrogen-bond acceptors (Lipinski definition) is 6.